The number of rotatable bonds is 4. The van der Waals surface area contributed by atoms with Crippen LogP contribution < -0.4 is 5.32 Å². The second kappa shape index (κ2) is 6.54. The van der Waals surface area contributed by atoms with Gasteiger partial charge in [0, 0.05) is 17.5 Å². The standard InChI is InChI=1S/C18H18N4O2/c1-12(21-18(24)17-16(23)9-6-10-19-17)15-11-20-22(13(15)2)14-7-4-3-5-8-14/h3-12,23H,1-2H3,(H,21,24)/t12-/m0/s1. The minimum atomic E-state index is -0.424. The molecule has 0 fully saturated rings. The van der Waals surface area contributed by atoms with Crippen molar-refractivity contribution in [1.29, 1.82) is 0 Å². The first-order valence-electron chi connectivity index (χ1n) is 7.62. The molecule has 3 rings (SSSR count). The predicted molar refractivity (Wildman–Crippen MR) is 90.1 cm³/mol. The number of hydrogen-bond acceptors (Lipinski definition) is 4. The fraction of sp³-hybridized carbons (Fsp3) is 0.167. The Morgan fingerprint density at radius 2 is 1.96 bits per heavy atom. The van der Waals surface area contributed by atoms with Gasteiger partial charge in [-0.15, -0.1) is 0 Å². The van der Waals surface area contributed by atoms with E-state index in [1.165, 1.54) is 12.3 Å². The zero-order valence-corrected chi connectivity index (χ0v) is 13.5. The van der Waals surface area contributed by atoms with Crippen LogP contribution in [0.4, 0.5) is 0 Å². The van der Waals surface area contributed by atoms with Gasteiger partial charge in [-0.2, -0.15) is 5.10 Å². The van der Waals surface area contributed by atoms with Gasteiger partial charge in [0.1, 0.15) is 5.75 Å². The van der Waals surface area contributed by atoms with E-state index in [1.54, 1.807) is 12.3 Å². The summed E-state index contributed by atoms with van der Waals surface area (Å²) in [6, 6.07) is 12.5. The normalized spacial score (nSPS) is 11.9. The molecule has 1 amide bonds. The van der Waals surface area contributed by atoms with Crippen LogP contribution in [0.15, 0.2) is 54.9 Å². The molecule has 24 heavy (non-hydrogen) atoms. The number of aromatic nitrogens is 3. The van der Waals surface area contributed by atoms with Gasteiger partial charge in [0.2, 0.25) is 0 Å². The van der Waals surface area contributed by atoms with Gasteiger partial charge >= 0.3 is 0 Å². The van der Waals surface area contributed by atoms with Gasteiger partial charge in [-0.3, -0.25) is 4.79 Å². The monoisotopic (exact) mass is 322 g/mol. The molecule has 2 aromatic heterocycles. The van der Waals surface area contributed by atoms with E-state index < -0.39 is 5.91 Å². The first-order chi connectivity index (χ1) is 11.6. The number of pyridine rings is 1. The van der Waals surface area contributed by atoms with Gasteiger partial charge in [0.05, 0.1) is 17.9 Å². The highest BCUT2D eigenvalue weighted by atomic mass is 16.3. The number of benzene rings is 1. The number of aromatic hydroxyl groups is 1. The van der Waals surface area contributed by atoms with Crippen molar-refractivity contribution in [2.24, 2.45) is 0 Å². The topological polar surface area (TPSA) is 80.0 Å². The van der Waals surface area contributed by atoms with Crippen LogP contribution in [-0.4, -0.2) is 25.8 Å². The van der Waals surface area contributed by atoms with Crippen LogP contribution in [0.5, 0.6) is 5.75 Å². The summed E-state index contributed by atoms with van der Waals surface area (Å²) in [4.78, 5) is 16.2. The Balaban J connectivity index is 1.81. The summed E-state index contributed by atoms with van der Waals surface area (Å²) in [5.74, 6) is -0.564. The van der Waals surface area contributed by atoms with Crippen LogP contribution in [0.1, 0.15) is 34.7 Å². The molecular formula is C18H18N4O2. The van der Waals surface area contributed by atoms with Crippen LogP contribution >= 0.6 is 0 Å². The van der Waals surface area contributed by atoms with Crippen molar-refractivity contribution >= 4 is 5.91 Å². The summed E-state index contributed by atoms with van der Waals surface area (Å²) in [5, 5.41) is 17.0. The molecule has 0 unspecified atom stereocenters. The van der Waals surface area contributed by atoms with Crippen LogP contribution in [0.2, 0.25) is 0 Å². The molecule has 0 bridgehead atoms. The minimum Gasteiger partial charge on any atom is -0.505 e. The molecule has 0 aliphatic carbocycles. The van der Waals surface area contributed by atoms with E-state index in [2.05, 4.69) is 15.4 Å². The van der Waals surface area contributed by atoms with E-state index in [-0.39, 0.29) is 17.5 Å². The highest BCUT2D eigenvalue weighted by molar-refractivity contribution is 5.94. The zero-order valence-electron chi connectivity index (χ0n) is 13.5. The van der Waals surface area contributed by atoms with Crippen molar-refractivity contribution in [3.63, 3.8) is 0 Å². The average molecular weight is 322 g/mol. The van der Waals surface area contributed by atoms with Gasteiger partial charge in [0.25, 0.3) is 5.91 Å². The summed E-state index contributed by atoms with van der Waals surface area (Å²) in [6.45, 7) is 3.83. The summed E-state index contributed by atoms with van der Waals surface area (Å²) in [6.07, 6.45) is 3.21. The molecule has 1 aromatic carbocycles. The largest absolute Gasteiger partial charge is 0.505 e. The van der Waals surface area contributed by atoms with Crippen LogP contribution in [0, 0.1) is 6.92 Å². The Morgan fingerprint density at radius 1 is 1.21 bits per heavy atom. The second-order valence-electron chi connectivity index (χ2n) is 5.50. The van der Waals surface area contributed by atoms with Crippen molar-refractivity contribution in [3.05, 3.63) is 71.8 Å². The third-order valence-electron chi connectivity index (χ3n) is 3.86. The van der Waals surface area contributed by atoms with Crippen molar-refractivity contribution in [1.82, 2.24) is 20.1 Å². The molecule has 1 atom stereocenters. The molecule has 2 N–H and O–H groups in total. The Kier molecular flexibility index (Phi) is 4.29. The number of carbonyl (C=O) groups excluding carboxylic acids is 1. The molecule has 2 heterocycles. The van der Waals surface area contributed by atoms with Crippen LogP contribution in [0.25, 0.3) is 5.69 Å². The van der Waals surface area contributed by atoms with E-state index in [4.69, 9.17) is 0 Å². The van der Waals surface area contributed by atoms with Crippen LogP contribution in [-0.2, 0) is 0 Å². The number of hydrogen-bond donors (Lipinski definition) is 2. The molecule has 0 aliphatic heterocycles. The van der Waals surface area contributed by atoms with Crippen molar-refractivity contribution < 1.29 is 9.90 Å². The van der Waals surface area contributed by atoms with Gasteiger partial charge in [-0.1, -0.05) is 18.2 Å². The Morgan fingerprint density at radius 3 is 2.67 bits per heavy atom. The van der Waals surface area contributed by atoms with E-state index in [0.717, 1.165) is 16.9 Å². The lowest BCUT2D eigenvalue weighted by atomic mass is 10.1. The maximum Gasteiger partial charge on any atom is 0.274 e. The molecule has 3 aromatic rings. The highest BCUT2D eigenvalue weighted by Gasteiger charge is 2.19. The molecule has 6 heteroatoms. The van der Waals surface area contributed by atoms with E-state index in [1.807, 2.05) is 48.9 Å². The summed E-state index contributed by atoms with van der Waals surface area (Å²) in [5.41, 5.74) is 2.82. The number of para-hydroxylation sites is 1. The highest BCUT2D eigenvalue weighted by Crippen LogP contribution is 2.21. The van der Waals surface area contributed by atoms with Crippen molar-refractivity contribution in [3.8, 4) is 11.4 Å². The minimum absolute atomic E-state index is 0.0115. The Labute approximate surface area is 139 Å². The van der Waals surface area contributed by atoms with Gasteiger partial charge in [-0.05, 0) is 38.1 Å². The molecule has 6 nitrogen and oxygen atoms in total. The van der Waals surface area contributed by atoms with Gasteiger partial charge < -0.3 is 10.4 Å². The molecule has 0 saturated heterocycles. The lowest BCUT2D eigenvalue weighted by Gasteiger charge is -2.14. The zero-order chi connectivity index (χ0) is 17.1. The maximum absolute atomic E-state index is 12.3. The molecule has 122 valence electrons. The number of carbonyl (C=O) groups is 1. The third-order valence-corrected chi connectivity index (χ3v) is 3.86. The van der Waals surface area contributed by atoms with E-state index in [9.17, 15) is 9.90 Å². The summed E-state index contributed by atoms with van der Waals surface area (Å²) >= 11 is 0. The lowest BCUT2D eigenvalue weighted by molar-refractivity contribution is 0.0932. The second-order valence-corrected chi connectivity index (χ2v) is 5.50. The lowest BCUT2D eigenvalue weighted by Crippen LogP contribution is -2.27. The molecular weight excluding hydrogens is 304 g/mol. The molecule has 0 aliphatic rings. The SMILES string of the molecule is Cc1c([C@H](C)NC(=O)c2ncccc2O)cnn1-c1ccccc1. The summed E-state index contributed by atoms with van der Waals surface area (Å²) in [7, 11) is 0. The number of nitrogens with one attached hydrogen (secondary N) is 1. The molecule has 0 saturated carbocycles. The van der Waals surface area contributed by atoms with Crippen LogP contribution in [0.3, 0.4) is 0 Å². The maximum atomic E-state index is 12.3. The third kappa shape index (κ3) is 2.99. The van der Waals surface area contributed by atoms with E-state index in [0.29, 0.717) is 0 Å². The smallest absolute Gasteiger partial charge is 0.274 e. The first kappa shape index (κ1) is 15.7. The Hall–Kier alpha value is -3.15. The average Bonchev–Trinajstić information content (AvgIpc) is 2.97. The van der Waals surface area contributed by atoms with E-state index >= 15 is 0 Å². The molecule has 0 spiro atoms. The fourth-order valence-electron chi connectivity index (χ4n) is 2.59. The van der Waals surface area contributed by atoms with Gasteiger partial charge in [-0.25, -0.2) is 9.67 Å². The summed E-state index contributed by atoms with van der Waals surface area (Å²) < 4.78 is 1.83. The Bertz CT molecular complexity index is 858. The number of amides is 1. The first-order valence-corrected chi connectivity index (χ1v) is 7.62. The quantitative estimate of drug-likeness (QED) is 0.774. The van der Waals surface area contributed by atoms with Crippen molar-refractivity contribution in [2.45, 2.75) is 19.9 Å². The van der Waals surface area contributed by atoms with Crippen molar-refractivity contribution in [2.75, 3.05) is 0 Å². The number of nitrogens with zero attached hydrogens (tertiary/aromatic N) is 3. The molecule has 0 radical (unpaired) electrons. The fourth-order valence-corrected chi connectivity index (χ4v) is 2.59. The predicted octanol–water partition coefficient (Wildman–Crippen LogP) is 2.77. The van der Waals surface area contributed by atoms with Gasteiger partial charge in [0.15, 0.2) is 5.69 Å².